The first kappa shape index (κ1) is 16.4. The lowest BCUT2D eigenvalue weighted by molar-refractivity contribution is 0.669. The van der Waals surface area contributed by atoms with Crippen molar-refractivity contribution in [1.29, 1.82) is 0 Å². The summed E-state index contributed by atoms with van der Waals surface area (Å²) >= 11 is 0. The molecule has 0 atom stereocenters. The van der Waals surface area contributed by atoms with Crippen molar-refractivity contribution in [3.8, 4) is 0 Å². The third-order valence-electron chi connectivity index (χ3n) is 4.08. The standard InChI is InChI=1S/C20H26N2/c1-15(2)9-12-18(13-17-11-10-16(3)22-14-17)19-7-5-6-8-20(19)21-4/h10-12,14H,1,4-9,13H2,2-3H3/b18-12-. The first-order valence-corrected chi connectivity index (χ1v) is 8.04. The Morgan fingerprint density at radius 3 is 2.73 bits per heavy atom. The van der Waals surface area contributed by atoms with Crippen molar-refractivity contribution in [2.45, 2.75) is 52.4 Å². The largest absolute Gasteiger partial charge is 0.269 e. The fraction of sp³-hybridized carbons (Fsp3) is 0.400. The minimum absolute atomic E-state index is 0.912. The van der Waals surface area contributed by atoms with E-state index in [-0.39, 0.29) is 0 Å². The van der Waals surface area contributed by atoms with Gasteiger partial charge in [-0.25, -0.2) is 0 Å². The highest BCUT2D eigenvalue weighted by Gasteiger charge is 2.16. The van der Waals surface area contributed by atoms with E-state index in [4.69, 9.17) is 0 Å². The molecule has 1 aromatic heterocycles. The number of allylic oxidation sites excluding steroid dienone is 5. The first-order chi connectivity index (χ1) is 10.6. The Labute approximate surface area is 134 Å². The van der Waals surface area contributed by atoms with Crippen molar-refractivity contribution in [3.63, 3.8) is 0 Å². The van der Waals surface area contributed by atoms with Gasteiger partial charge in [-0.2, -0.15) is 0 Å². The Morgan fingerprint density at radius 2 is 2.09 bits per heavy atom. The van der Waals surface area contributed by atoms with Crippen molar-refractivity contribution >= 4 is 6.72 Å². The molecule has 0 amide bonds. The summed E-state index contributed by atoms with van der Waals surface area (Å²) in [5.74, 6) is 0. The fourth-order valence-electron chi connectivity index (χ4n) is 2.83. The van der Waals surface area contributed by atoms with E-state index >= 15 is 0 Å². The zero-order chi connectivity index (χ0) is 15.9. The predicted molar refractivity (Wildman–Crippen MR) is 95.2 cm³/mol. The van der Waals surface area contributed by atoms with E-state index in [0.717, 1.165) is 31.4 Å². The van der Waals surface area contributed by atoms with Crippen molar-refractivity contribution in [2.75, 3.05) is 0 Å². The van der Waals surface area contributed by atoms with Gasteiger partial charge in [0.25, 0.3) is 0 Å². The molecule has 2 heteroatoms. The molecule has 0 spiro atoms. The molecule has 116 valence electrons. The van der Waals surface area contributed by atoms with Crippen LogP contribution in [0, 0.1) is 6.92 Å². The van der Waals surface area contributed by atoms with Gasteiger partial charge >= 0.3 is 0 Å². The van der Waals surface area contributed by atoms with Crippen molar-refractivity contribution in [3.05, 3.63) is 64.7 Å². The van der Waals surface area contributed by atoms with Crippen LogP contribution < -0.4 is 0 Å². The molecule has 1 aromatic rings. The van der Waals surface area contributed by atoms with E-state index in [1.54, 1.807) is 0 Å². The molecule has 0 fully saturated rings. The number of hydrogen-bond donors (Lipinski definition) is 0. The van der Waals surface area contributed by atoms with Crippen LogP contribution in [-0.2, 0) is 6.42 Å². The normalized spacial score (nSPS) is 15.8. The average Bonchev–Trinajstić information content (AvgIpc) is 2.53. The summed E-state index contributed by atoms with van der Waals surface area (Å²) in [7, 11) is 0. The number of pyridine rings is 1. The van der Waals surface area contributed by atoms with E-state index in [2.05, 4.69) is 48.4 Å². The smallest absolute Gasteiger partial charge is 0.0431 e. The Balaban J connectivity index is 2.31. The van der Waals surface area contributed by atoms with Gasteiger partial charge in [-0.05, 0) is 81.9 Å². The highest BCUT2D eigenvalue weighted by Crippen LogP contribution is 2.32. The summed E-state index contributed by atoms with van der Waals surface area (Å²) in [5, 5.41) is 0. The van der Waals surface area contributed by atoms with Gasteiger partial charge in [0.05, 0.1) is 0 Å². The second kappa shape index (κ2) is 7.88. The second-order valence-electron chi connectivity index (χ2n) is 6.17. The molecule has 1 aliphatic rings. The lowest BCUT2D eigenvalue weighted by Gasteiger charge is -2.20. The van der Waals surface area contributed by atoms with Crippen molar-refractivity contribution < 1.29 is 0 Å². The summed E-state index contributed by atoms with van der Waals surface area (Å²) < 4.78 is 0. The predicted octanol–water partition coefficient (Wildman–Crippen LogP) is 5.35. The Kier molecular flexibility index (Phi) is 5.88. The van der Waals surface area contributed by atoms with E-state index < -0.39 is 0 Å². The summed E-state index contributed by atoms with van der Waals surface area (Å²) in [4.78, 5) is 8.70. The second-order valence-corrected chi connectivity index (χ2v) is 6.17. The summed E-state index contributed by atoms with van der Waals surface area (Å²) in [5.41, 5.74) is 7.43. The van der Waals surface area contributed by atoms with Crippen LogP contribution in [0.3, 0.4) is 0 Å². The Morgan fingerprint density at radius 1 is 1.32 bits per heavy atom. The maximum absolute atomic E-state index is 4.42. The number of aryl methyl sites for hydroxylation is 1. The third kappa shape index (κ3) is 4.52. The van der Waals surface area contributed by atoms with Gasteiger partial charge in [0.2, 0.25) is 0 Å². The molecule has 0 unspecified atom stereocenters. The maximum atomic E-state index is 4.42. The van der Waals surface area contributed by atoms with Crippen LogP contribution in [0.5, 0.6) is 0 Å². The van der Waals surface area contributed by atoms with Gasteiger partial charge in [0, 0.05) is 17.6 Å². The SMILES string of the molecule is C=NC1=C(/C(=C\CC(=C)C)Cc2ccc(C)nc2)CCCC1. The number of nitrogens with zero attached hydrogens (tertiary/aromatic N) is 2. The molecular weight excluding hydrogens is 268 g/mol. The maximum Gasteiger partial charge on any atom is 0.0431 e. The first-order valence-electron chi connectivity index (χ1n) is 8.04. The van der Waals surface area contributed by atoms with E-state index in [0.29, 0.717) is 0 Å². The molecule has 2 rings (SSSR count). The molecule has 0 saturated heterocycles. The van der Waals surface area contributed by atoms with Crippen LogP contribution in [0.15, 0.2) is 58.4 Å². The number of aliphatic imine (C=N–C) groups is 1. The van der Waals surface area contributed by atoms with Crippen LogP contribution in [0.2, 0.25) is 0 Å². The third-order valence-corrected chi connectivity index (χ3v) is 4.08. The quantitative estimate of drug-likeness (QED) is 0.512. The van der Waals surface area contributed by atoms with Gasteiger partial charge in [-0.15, -0.1) is 0 Å². The molecular formula is C20H26N2. The van der Waals surface area contributed by atoms with Crippen molar-refractivity contribution in [2.24, 2.45) is 4.99 Å². The molecule has 0 N–H and O–H groups in total. The monoisotopic (exact) mass is 294 g/mol. The lowest BCUT2D eigenvalue weighted by Crippen LogP contribution is -2.04. The molecule has 0 radical (unpaired) electrons. The molecule has 1 aliphatic carbocycles. The molecule has 0 saturated carbocycles. The minimum Gasteiger partial charge on any atom is -0.269 e. The van der Waals surface area contributed by atoms with Gasteiger partial charge in [-0.1, -0.05) is 24.3 Å². The summed E-state index contributed by atoms with van der Waals surface area (Å²) in [6.45, 7) is 11.9. The van der Waals surface area contributed by atoms with Gasteiger partial charge in [-0.3, -0.25) is 9.98 Å². The van der Waals surface area contributed by atoms with Crippen LogP contribution in [0.1, 0.15) is 50.3 Å². The number of rotatable bonds is 6. The lowest BCUT2D eigenvalue weighted by atomic mass is 9.87. The van der Waals surface area contributed by atoms with Crippen molar-refractivity contribution in [1.82, 2.24) is 4.98 Å². The highest BCUT2D eigenvalue weighted by atomic mass is 14.7. The van der Waals surface area contributed by atoms with Gasteiger partial charge in [0.15, 0.2) is 0 Å². The Bertz CT molecular complexity index is 603. The van der Waals surface area contributed by atoms with E-state index in [1.807, 2.05) is 13.1 Å². The van der Waals surface area contributed by atoms with Gasteiger partial charge in [0.1, 0.15) is 0 Å². The van der Waals surface area contributed by atoms with Crippen LogP contribution in [-0.4, -0.2) is 11.7 Å². The molecule has 22 heavy (non-hydrogen) atoms. The molecule has 0 aromatic carbocycles. The summed E-state index contributed by atoms with van der Waals surface area (Å²) in [6.07, 6.45) is 10.7. The van der Waals surface area contributed by atoms with E-state index in [9.17, 15) is 0 Å². The minimum atomic E-state index is 0.912. The van der Waals surface area contributed by atoms with Gasteiger partial charge < -0.3 is 0 Å². The average molecular weight is 294 g/mol. The Hall–Kier alpha value is -1.96. The fourth-order valence-corrected chi connectivity index (χ4v) is 2.83. The van der Waals surface area contributed by atoms with E-state index in [1.165, 1.54) is 40.8 Å². The van der Waals surface area contributed by atoms with Crippen LogP contribution >= 0.6 is 0 Å². The zero-order valence-electron chi connectivity index (χ0n) is 13.9. The topological polar surface area (TPSA) is 25.2 Å². The molecule has 0 bridgehead atoms. The number of aromatic nitrogens is 1. The molecule has 2 nitrogen and oxygen atoms in total. The number of hydrogen-bond acceptors (Lipinski definition) is 2. The van der Waals surface area contributed by atoms with Crippen LogP contribution in [0.4, 0.5) is 0 Å². The summed E-state index contributed by atoms with van der Waals surface area (Å²) in [6, 6.07) is 4.24. The molecule has 1 heterocycles. The zero-order valence-corrected chi connectivity index (χ0v) is 13.9. The molecule has 0 aliphatic heterocycles. The highest BCUT2D eigenvalue weighted by molar-refractivity contribution is 5.43. The van der Waals surface area contributed by atoms with Crippen LogP contribution in [0.25, 0.3) is 0 Å².